The van der Waals surface area contributed by atoms with Gasteiger partial charge < -0.3 is 15.0 Å². The van der Waals surface area contributed by atoms with E-state index in [4.69, 9.17) is 0 Å². The number of hydrogen-bond donors (Lipinski definition) is 2. The lowest BCUT2D eigenvalue weighted by molar-refractivity contribution is -0.137. The van der Waals surface area contributed by atoms with Crippen LogP contribution in [0.1, 0.15) is 37.5 Å². The van der Waals surface area contributed by atoms with E-state index in [9.17, 15) is 27.9 Å². The topological polar surface area (TPSA) is 71.3 Å². The summed E-state index contributed by atoms with van der Waals surface area (Å²) >= 11 is 0. The molecule has 0 unspecified atom stereocenters. The summed E-state index contributed by atoms with van der Waals surface area (Å²) in [7, 11) is 0. The minimum absolute atomic E-state index is 0.0215. The van der Waals surface area contributed by atoms with Gasteiger partial charge in [-0.25, -0.2) is 4.79 Å². The monoisotopic (exact) mass is 452 g/mol. The van der Waals surface area contributed by atoms with E-state index in [-0.39, 0.29) is 18.1 Å². The summed E-state index contributed by atoms with van der Waals surface area (Å²) in [5.74, 6) is -1.47. The van der Waals surface area contributed by atoms with Crippen molar-refractivity contribution in [3.63, 3.8) is 0 Å². The molecule has 2 N–H and O–H groups in total. The van der Waals surface area contributed by atoms with Gasteiger partial charge in [0, 0.05) is 29.6 Å². The van der Waals surface area contributed by atoms with Crippen LogP contribution >= 0.6 is 0 Å². The summed E-state index contributed by atoms with van der Waals surface area (Å²) in [5.41, 5.74) is 1.62. The molecule has 0 aliphatic rings. The molecule has 5 nitrogen and oxygen atoms in total. The molecular formula is C25H19F3N2O3. The Labute approximate surface area is 187 Å². The molecule has 0 saturated heterocycles. The molecule has 0 bridgehead atoms. The van der Waals surface area contributed by atoms with Gasteiger partial charge in [-0.15, -0.1) is 0 Å². The van der Waals surface area contributed by atoms with E-state index >= 15 is 0 Å². The number of benzene rings is 3. The molecule has 0 aliphatic heterocycles. The standard InChI is InChI=1S/C25H19F3N2O3/c26-25(27,28)20-9-6-17(7-10-20)15-30-21-11-8-18(12-19(21)13-22(30)24(32)33)23(31)29-14-16-4-2-1-3-5-16/h1-13H,14-15H2,(H,29,31)(H,32,33). The highest BCUT2D eigenvalue weighted by Gasteiger charge is 2.30. The molecule has 4 aromatic rings. The number of carboxylic acids is 1. The molecule has 0 radical (unpaired) electrons. The Morgan fingerprint density at radius 3 is 2.21 bits per heavy atom. The first-order valence-electron chi connectivity index (χ1n) is 10.1. The molecule has 0 atom stereocenters. The fraction of sp³-hybridized carbons (Fsp3) is 0.120. The highest BCUT2D eigenvalue weighted by molar-refractivity contribution is 6.00. The molecule has 0 spiro atoms. The number of rotatable bonds is 6. The molecule has 1 amide bonds. The maximum absolute atomic E-state index is 12.8. The molecule has 33 heavy (non-hydrogen) atoms. The van der Waals surface area contributed by atoms with Gasteiger partial charge >= 0.3 is 12.1 Å². The van der Waals surface area contributed by atoms with Crippen LogP contribution in [0.4, 0.5) is 13.2 Å². The lowest BCUT2D eigenvalue weighted by Crippen LogP contribution is -2.22. The second-order valence-electron chi connectivity index (χ2n) is 7.56. The van der Waals surface area contributed by atoms with Crippen molar-refractivity contribution in [3.8, 4) is 0 Å². The maximum atomic E-state index is 12.8. The number of halogens is 3. The molecule has 1 aromatic heterocycles. The lowest BCUT2D eigenvalue weighted by atomic mass is 10.1. The second kappa shape index (κ2) is 8.82. The number of aromatic nitrogens is 1. The van der Waals surface area contributed by atoms with E-state index in [1.807, 2.05) is 30.3 Å². The molecule has 0 fully saturated rings. The summed E-state index contributed by atoms with van der Waals surface area (Å²) in [6.45, 7) is 0.426. The number of hydrogen-bond acceptors (Lipinski definition) is 2. The number of amides is 1. The van der Waals surface area contributed by atoms with Gasteiger partial charge in [0.05, 0.1) is 5.56 Å². The molecule has 0 aliphatic carbocycles. The summed E-state index contributed by atoms with van der Waals surface area (Å²) in [6, 6.07) is 20.3. The molecule has 8 heteroatoms. The fourth-order valence-electron chi connectivity index (χ4n) is 3.62. The van der Waals surface area contributed by atoms with Crippen molar-refractivity contribution in [2.24, 2.45) is 0 Å². The van der Waals surface area contributed by atoms with Gasteiger partial charge in [-0.2, -0.15) is 13.2 Å². The Bertz CT molecular complexity index is 1310. The summed E-state index contributed by atoms with van der Waals surface area (Å²) in [6.07, 6.45) is -4.44. The number of carbonyl (C=O) groups excluding carboxylic acids is 1. The van der Waals surface area contributed by atoms with E-state index < -0.39 is 17.7 Å². The molecule has 4 rings (SSSR count). The van der Waals surface area contributed by atoms with Gasteiger partial charge in [0.1, 0.15) is 5.69 Å². The van der Waals surface area contributed by atoms with Crippen LogP contribution < -0.4 is 5.32 Å². The van der Waals surface area contributed by atoms with Crippen LogP contribution in [0.25, 0.3) is 10.9 Å². The van der Waals surface area contributed by atoms with Crippen molar-refractivity contribution in [2.45, 2.75) is 19.3 Å². The van der Waals surface area contributed by atoms with Gasteiger partial charge in [-0.05, 0) is 47.5 Å². The Hall–Kier alpha value is -4.07. The molecule has 168 valence electrons. The normalized spacial score (nSPS) is 11.5. The Morgan fingerprint density at radius 1 is 0.879 bits per heavy atom. The van der Waals surface area contributed by atoms with Crippen molar-refractivity contribution < 1.29 is 27.9 Å². The first-order valence-corrected chi connectivity index (χ1v) is 10.1. The first kappa shape index (κ1) is 22.1. The summed E-state index contributed by atoms with van der Waals surface area (Å²) < 4.78 is 39.9. The van der Waals surface area contributed by atoms with Crippen LogP contribution in [0.3, 0.4) is 0 Å². The van der Waals surface area contributed by atoms with Crippen molar-refractivity contribution in [2.75, 3.05) is 0 Å². The largest absolute Gasteiger partial charge is 0.477 e. The smallest absolute Gasteiger partial charge is 0.416 e. The number of carbonyl (C=O) groups is 2. The van der Waals surface area contributed by atoms with Gasteiger partial charge in [0.2, 0.25) is 0 Å². The lowest BCUT2D eigenvalue weighted by Gasteiger charge is -2.11. The number of nitrogens with one attached hydrogen (secondary N) is 1. The third-order valence-electron chi connectivity index (χ3n) is 5.30. The molecular weight excluding hydrogens is 433 g/mol. The second-order valence-corrected chi connectivity index (χ2v) is 7.56. The highest BCUT2D eigenvalue weighted by Crippen LogP contribution is 2.30. The number of alkyl halides is 3. The van der Waals surface area contributed by atoms with Gasteiger partial charge in [-0.3, -0.25) is 4.79 Å². The van der Waals surface area contributed by atoms with Gasteiger partial charge in [0.25, 0.3) is 5.91 Å². The summed E-state index contributed by atoms with van der Waals surface area (Å²) in [4.78, 5) is 24.4. The predicted octanol–water partition coefficient (Wildman–Crippen LogP) is 5.34. The average molecular weight is 452 g/mol. The Kier molecular flexibility index (Phi) is 5.91. The zero-order valence-electron chi connectivity index (χ0n) is 17.3. The molecule has 3 aromatic carbocycles. The van der Waals surface area contributed by atoms with Crippen LogP contribution in [-0.4, -0.2) is 21.6 Å². The third-order valence-corrected chi connectivity index (χ3v) is 5.30. The van der Waals surface area contributed by atoms with Crippen LogP contribution in [0.15, 0.2) is 78.9 Å². The average Bonchev–Trinajstić information content (AvgIpc) is 3.16. The zero-order chi connectivity index (χ0) is 23.6. The van der Waals surface area contributed by atoms with E-state index in [0.29, 0.717) is 28.6 Å². The Morgan fingerprint density at radius 2 is 1.58 bits per heavy atom. The minimum Gasteiger partial charge on any atom is -0.477 e. The Balaban J connectivity index is 1.60. The SMILES string of the molecule is O=C(NCc1ccccc1)c1ccc2c(c1)cc(C(=O)O)n2Cc1ccc(C(F)(F)F)cc1. The van der Waals surface area contributed by atoms with E-state index in [0.717, 1.165) is 17.7 Å². The van der Waals surface area contributed by atoms with Crippen LogP contribution in [-0.2, 0) is 19.3 Å². The minimum atomic E-state index is -4.44. The van der Waals surface area contributed by atoms with E-state index in [1.54, 1.807) is 18.2 Å². The quantitative estimate of drug-likeness (QED) is 0.415. The predicted molar refractivity (Wildman–Crippen MR) is 117 cm³/mol. The van der Waals surface area contributed by atoms with Gasteiger partial charge in [0.15, 0.2) is 0 Å². The third kappa shape index (κ3) is 4.90. The molecule has 0 saturated carbocycles. The zero-order valence-corrected chi connectivity index (χ0v) is 17.3. The van der Waals surface area contributed by atoms with Crippen molar-refractivity contribution in [1.82, 2.24) is 9.88 Å². The summed E-state index contributed by atoms with van der Waals surface area (Å²) in [5, 5.41) is 13.0. The number of fused-ring (bicyclic) bond motifs is 1. The fourth-order valence-corrected chi connectivity index (χ4v) is 3.62. The van der Waals surface area contributed by atoms with Crippen LogP contribution in [0, 0.1) is 0 Å². The highest BCUT2D eigenvalue weighted by atomic mass is 19.4. The number of carboxylic acid groups (broad SMARTS) is 1. The van der Waals surface area contributed by atoms with E-state index in [1.165, 1.54) is 22.8 Å². The molecule has 1 heterocycles. The van der Waals surface area contributed by atoms with Crippen molar-refractivity contribution in [1.29, 1.82) is 0 Å². The maximum Gasteiger partial charge on any atom is 0.416 e. The van der Waals surface area contributed by atoms with Crippen molar-refractivity contribution >= 4 is 22.8 Å². The van der Waals surface area contributed by atoms with Crippen LogP contribution in [0.5, 0.6) is 0 Å². The van der Waals surface area contributed by atoms with Crippen LogP contribution in [0.2, 0.25) is 0 Å². The van der Waals surface area contributed by atoms with E-state index in [2.05, 4.69) is 5.32 Å². The number of aromatic carboxylic acids is 1. The number of nitrogens with zero attached hydrogens (tertiary/aromatic N) is 1. The van der Waals surface area contributed by atoms with Crippen molar-refractivity contribution in [3.05, 3.63) is 107 Å². The first-order chi connectivity index (χ1) is 15.7. The van der Waals surface area contributed by atoms with Gasteiger partial charge in [-0.1, -0.05) is 42.5 Å².